The van der Waals surface area contributed by atoms with E-state index in [0.717, 1.165) is 11.4 Å². The number of rotatable bonds is 5. The van der Waals surface area contributed by atoms with E-state index in [0.29, 0.717) is 0 Å². The summed E-state index contributed by atoms with van der Waals surface area (Å²) >= 11 is 1.90. The van der Waals surface area contributed by atoms with Gasteiger partial charge in [-0.2, -0.15) is 0 Å². The van der Waals surface area contributed by atoms with Gasteiger partial charge in [0.05, 0.1) is 22.1 Å². The molecule has 12 rings (SSSR count). The molecule has 0 fully saturated rings. The average molecular weight is 743 g/mol. The Balaban J connectivity index is 1.04. The van der Waals surface area contributed by atoms with Crippen molar-refractivity contribution in [2.24, 2.45) is 0 Å². The Morgan fingerprint density at radius 3 is 1.39 bits per heavy atom. The molecular formula is C54H34N2S. The number of fused-ring (bicyclic) bond motifs is 10. The predicted molar refractivity (Wildman–Crippen MR) is 244 cm³/mol. The molecule has 3 heterocycles. The summed E-state index contributed by atoms with van der Waals surface area (Å²) in [5.74, 6) is 0. The molecule has 9 aromatic carbocycles. The zero-order valence-electron chi connectivity index (χ0n) is 30.9. The molecule has 0 unspecified atom stereocenters. The molecule has 0 radical (unpaired) electrons. The van der Waals surface area contributed by atoms with E-state index >= 15 is 0 Å². The van der Waals surface area contributed by atoms with E-state index in [-0.39, 0.29) is 0 Å². The highest BCUT2D eigenvalue weighted by molar-refractivity contribution is 7.26. The second kappa shape index (κ2) is 12.7. The van der Waals surface area contributed by atoms with Crippen molar-refractivity contribution in [1.29, 1.82) is 0 Å². The molecule has 0 saturated heterocycles. The topological polar surface area (TPSA) is 9.86 Å². The molecule has 0 bridgehead atoms. The lowest BCUT2D eigenvalue weighted by atomic mass is 10.00. The minimum absolute atomic E-state index is 1.16. The monoisotopic (exact) mass is 742 g/mol. The van der Waals surface area contributed by atoms with Crippen LogP contribution in [0.25, 0.3) is 109 Å². The fraction of sp³-hybridized carbons (Fsp3) is 0. The van der Waals surface area contributed by atoms with Crippen LogP contribution in [0, 0.1) is 0 Å². The first-order chi connectivity index (χ1) is 28.3. The molecule has 3 aromatic heterocycles. The maximum absolute atomic E-state index is 2.45. The second-order valence-corrected chi connectivity index (χ2v) is 16.0. The molecule has 2 nitrogen and oxygen atoms in total. The zero-order valence-corrected chi connectivity index (χ0v) is 31.7. The first kappa shape index (κ1) is 32.1. The van der Waals surface area contributed by atoms with Crippen molar-refractivity contribution in [3.63, 3.8) is 0 Å². The van der Waals surface area contributed by atoms with Crippen molar-refractivity contribution in [3.05, 3.63) is 206 Å². The molecule has 0 saturated carbocycles. The molecule has 3 heteroatoms. The van der Waals surface area contributed by atoms with Gasteiger partial charge in [-0.1, -0.05) is 140 Å². The first-order valence-electron chi connectivity index (χ1n) is 19.5. The van der Waals surface area contributed by atoms with E-state index in [2.05, 4.69) is 215 Å². The van der Waals surface area contributed by atoms with Gasteiger partial charge >= 0.3 is 0 Å². The molecule has 0 atom stereocenters. The van der Waals surface area contributed by atoms with Gasteiger partial charge in [-0.15, -0.1) is 11.3 Å². The van der Waals surface area contributed by atoms with Crippen molar-refractivity contribution in [3.8, 4) is 44.8 Å². The van der Waals surface area contributed by atoms with Gasteiger partial charge < -0.3 is 9.13 Å². The van der Waals surface area contributed by atoms with Gasteiger partial charge in [0.15, 0.2) is 0 Å². The normalized spacial score (nSPS) is 11.9. The Bertz CT molecular complexity index is 3480. The van der Waals surface area contributed by atoms with Gasteiger partial charge in [0.25, 0.3) is 0 Å². The highest BCUT2D eigenvalue weighted by Gasteiger charge is 2.19. The Morgan fingerprint density at radius 2 is 0.737 bits per heavy atom. The van der Waals surface area contributed by atoms with Crippen molar-refractivity contribution >= 4 is 75.1 Å². The highest BCUT2D eigenvalue weighted by Crippen LogP contribution is 2.45. The van der Waals surface area contributed by atoms with Gasteiger partial charge in [-0.3, -0.25) is 0 Å². The molecule has 266 valence electrons. The van der Waals surface area contributed by atoms with E-state index in [9.17, 15) is 0 Å². The fourth-order valence-electron chi connectivity index (χ4n) is 9.04. The van der Waals surface area contributed by atoms with E-state index in [4.69, 9.17) is 0 Å². The maximum atomic E-state index is 2.45. The number of hydrogen-bond acceptors (Lipinski definition) is 1. The van der Waals surface area contributed by atoms with Crippen LogP contribution in [-0.2, 0) is 0 Å². The van der Waals surface area contributed by atoms with Crippen molar-refractivity contribution in [2.45, 2.75) is 0 Å². The lowest BCUT2D eigenvalue weighted by molar-refractivity contribution is 1.18. The van der Waals surface area contributed by atoms with Gasteiger partial charge in [-0.25, -0.2) is 0 Å². The standard InChI is InChI=1S/C54H34N2S/c1-3-11-35(12-4-1)37-19-25-41(26-20-37)55-48-17-9-7-15-43(48)46-33-39(23-30-49(46)55)40-24-31-50-47(34-40)53-51(32-29-45-44-16-8-10-18-52(44)57-54(45)53)56(50)42-27-21-38(22-28-42)36-13-5-2-6-14-36/h1-34H. The van der Waals surface area contributed by atoms with Crippen LogP contribution in [0.2, 0.25) is 0 Å². The minimum Gasteiger partial charge on any atom is -0.309 e. The van der Waals surface area contributed by atoms with E-state index < -0.39 is 0 Å². The molecule has 0 amide bonds. The number of aromatic nitrogens is 2. The van der Waals surface area contributed by atoms with Crippen LogP contribution in [0.3, 0.4) is 0 Å². The highest BCUT2D eigenvalue weighted by atomic mass is 32.1. The smallest absolute Gasteiger partial charge is 0.0555 e. The van der Waals surface area contributed by atoms with Gasteiger partial charge in [0, 0.05) is 53.1 Å². The molecule has 0 aliphatic heterocycles. The van der Waals surface area contributed by atoms with Crippen LogP contribution < -0.4 is 0 Å². The number of hydrogen-bond donors (Lipinski definition) is 0. The molecule has 0 aliphatic rings. The van der Waals surface area contributed by atoms with Crippen LogP contribution in [0.4, 0.5) is 0 Å². The lowest BCUT2D eigenvalue weighted by Gasteiger charge is -2.11. The first-order valence-corrected chi connectivity index (χ1v) is 20.3. The summed E-state index contributed by atoms with van der Waals surface area (Å²) in [7, 11) is 0. The van der Waals surface area contributed by atoms with Crippen LogP contribution in [0.5, 0.6) is 0 Å². The van der Waals surface area contributed by atoms with Gasteiger partial charge in [0.1, 0.15) is 0 Å². The third-order valence-electron chi connectivity index (χ3n) is 11.7. The minimum atomic E-state index is 1.16. The number of para-hydroxylation sites is 1. The third-order valence-corrected chi connectivity index (χ3v) is 12.9. The average Bonchev–Trinajstić information content (AvgIpc) is 3.94. The Kier molecular flexibility index (Phi) is 7.13. The summed E-state index contributed by atoms with van der Waals surface area (Å²) in [4.78, 5) is 0. The van der Waals surface area contributed by atoms with Crippen molar-refractivity contribution in [2.75, 3.05) is 0 Å². The fourth-order valence-corrected chi connectivity index (χ4v) is 10.3. The van der Waals surface area contributed by atoms with Crippen LogP contribution in [-0.4, -0.2) is 9.13 Å². The van der Waals surface area contributed by atoms with Crippen LogP contribution in [0.15, 0.2) is 206 Å². The lowest BCUT2D eigenvalue weighted by Crippen LogP contribution is -1.94. The second-order valence-electron chi connectivity index (χ2n) is 14.9. The summed E-state index contributed by atoms with van der Waals surface area (Å²) in [6.07, 6.45) is 0. The molecule has 12 aromatic rings. The Morgan fingerprint density at radius 1 is 0.281 bits per heavy atom. The molecule has 0 N–H and O–H groups in total. The Labute approximate surface area is 333 Å². The van der Waals surface area contributed by atoms with Crippen molar-refractivity contribution < 1.29 is 0 Å². The third kappa shape index (κ3) is 5.03. The molecule has 0 aliphatic carbocycles. The summed E-state index contributed by atoms with van der Waals surface area (Å²) in [5.41, 5.74) is 14.5. The number of benzene rings is 9. The summed E-state index contributed by atoms with van der Waals surface area (Å²) in [6.45, 7) is 0. The Hall–Kier alpha value is -7.20. The predicted octanol–water partition coefficient (Wildman–Crippen LogP) is 15.2. The number of nitrogens with zero attached hydrogens (tertiary/aromatic N) is 2. The van der Waals surface area contributed by atoms with Crippen LogP contribution >= 0.6 is 11.3 Å². The quantitative estimate of drug-likeness (QED) is 0.166. The largest absolute Gasteiger partial charge is 0.309 e. The van der Waals surface area contributed by atoms with E-state index in [1.807, 2.05) is 11.3 Å². The van der Waals surface area contributed by atoms with Gasteiger partial charge in [0.2, 0.25) is 0 Å². The summed E-state index contributed by atoms with van der Waals surface area (Å²) in [6, 6.07) is 75.5. The SMILES string of the molecule is c1ccc(-c2ccc(-n3c4ccccc4c4cc(-c5ccc6c(c5)c5c7sc8ccccc8c7ccc5n6-c5ccc(-c6ccccc6)cc5)ccc43)cc2)cc1. The summed E-state index contributed by atoms with van der Waals surface area (Å²) in [5, 5.41) is 7.73. The van der Waals surface area contributed by atoms with Gasteiger partial charge in [-0.05, 0) is 100 Å². The van der Waals surface area contributed by atoms with E-state index in [1.165, 1.54) is 97.2 Å². The van der Waals surface area contributed by atoms with E-state index in [1.54, 1.807) is 0 Å². The van der Waals surface area contributed by atoms with Crippen LogP contribution in [0.1, 0.15) is 0 Å². The zero-order chi connectivity index (χ0) is 37.5. The van der Waals surface area contributed by atoms with Crippen molar-refractivity contribution in [1.82, 2.24) is 9.13 Å². The molecule has 0 spiro atoms. The molecule has 57 heavy (non-hydrogen) atoms. The maximum Gasteiger partial charge on any atom is 0.0555 e. The molecular weight excluding hydrogens is 709 g/mol. The summed E-state index contributed by atoms with van der Waals surface area (Å²) < 4.78 is 7.52. The number of thiophene rings is 1.